The van der Waals surface area contributed by atoms with E-state index in [4.69, 9.17) is 8.83 Å². The highest BCUT2D eigenvalue weighted by molar-refractivity contribution is 6.06. The van der Waals surface area contributed by atoms with Gasteiger partial charge in [0.1, 0.15) is 11.8 Å². The van der Waals surface area contributed by atoms with Gasteiger partial charge in [-0.05, 0) is 37.6 Å². The molecule has 4 aromatic heterocycles. The number of anilines is 1. The molecule has 0 unspecified atom stereocenters. The zero-order chi connectivity index (χ0) is 19.3. The Kier molecular flexibility index (Phi) is 3.78. The number of carbonyl (C=O) groups is 1. The molecule has 1 aliphatic heterocycles. The molecular formula is C20H19N5O3. The van der Waals surface area contributed by atoms with Crippen LogP contribution in [0.3, 0.4) is 0 Å². The lowest BCUT2D eigenvalue weighted by Crippen LogP contribution is -2.49. The Hall–Kier alpha value is -3.42. The molecule has 1 aliphatic rings. The van der Waals surface area contributed by atoms with Crippen molar-refractivity contribution < 1.29 is 13.6 Å². The fraction of sp³-hybridized carbons (Fsp3) is 0.300. The van der Waals surface area contributed by atoms with Crippen molar-refractivity contribution in [3.63, 3.8) is 0 Å². The first kappa shape index (κ1) is 16.7. The number of amides is 1. The zero-order valence-corrected chi connectivity index (χ0v) is 15.7. The van der Waals surface area contributed by atoms with Crippen molar-refractivity contribution in [2.45, 2.75) is 13.8 Å². The van der Waals surface area contributed by atoms with Crippen molar-refractivity contribution >= 4 is 33.9 Å². The molecule has 5 rings (SSSR count). The van der Waals surface area contributed by atoms with Crippen molar-refractivity contribution in [3.8, 4) is 0 Å². The summed E-state index contributed by atoms with van der Waals surface area (Å²) in [7, 11) is 0. The molecule has 0 atom stereocenters. The third kappa shape index (κ3) is 2.60. The first-order chi connectivity index (χ1) is 13.6. The topological polar surface area (TPSA) is 88.5 Å². The van der Waals surface area contributed by atoms with Crippen molar-refractivity contribution in [2.24, 2.45) is 0 Å². The first-order valence-corrected chi connectivity index (χ1v) is 9.21. The maximum Gasteiger partial charge on any atom is 0.289 e. The molecule has 1 fully saturated rings. The van der Waals surface area contributed by atoms with Crippen LogP contribution in [0.5, 0.6) is 0 Å². The average molecular weight is 377 g/mol. The second-order valence-electron chi connectivity index (χ2n) is 6.99. The predicted octanol–water partition coefficient (Wildman–Crippen LogP) is 2.94. The van der Waals surface area contributed by atoms with Crippen LogP contribution in [0, 0.1) is 13.8 Å². The molecule has 0 spiro atoms. The van der Waals surface area contributed by atoms with Gasteiger partial charge in [-0.25, -0.2) is 15.0 Å². The number of aryl methyl sites for hydroxylation is 2. The van der Waals surface area contributed by atoms with Crippen LogP contribution in [-0.4, -0.2) is 51.9 Å². The van der Waals surface area contributed by atoms with E-state index in [-0.39, 0.29) is 5.91 Å². The summed E-state index contributed by atoms with van der Waals surface area (Å²) in [5.74, 6) is 1.02. The molecule has 28 heavy (non-hydrogen) atoms. The van der Waals surface area contributed by atoms with E-state index in [1.54, 1.807) is 23.4 Å². The largest absolute Gasteiger partial charge is 0.459 e. The Balaban J connectivity index is 1.46. The van der Waals surface area contributed by atoms with Gasteiger partial charge in [0.05, 0.1) is 11.6 Å². The molecule has 8 heteroatoms. The van der Waals surface area contributed by atoms with Gasteiger partial charge in [-0.1, -0.05) is 0 Å². The lowest BCUT2D eigenvalue weighted by molar-refractivity contribution is 0.0714. The summed E-state index contributed by atoms with van der Waals surface area (Å²) in [6.07, 6.45) is 3.08. The minimum absolute atomic E-state index is 0.0866. The highest BCUT2D eigenvalue weighted by Gasteiger charge is 2.27. The van der Waals surface area contributed by atoms with Crippen molar-refractivity contribution in [2.75, 3.05) is 31.1 Å². The predicted molar refractivity (Wildman–Crippen MR) is 103 cm³/mol. The molecule has 0 N–H and O–H groups in total. The summed E-state index contributed by atoms with van der Waals surface area (Å²) in [5.41, 5.74) is 3.99. The number of carbonyl (C=O) groups excluding carboxylic acids is 1. The van der Waals surface area contributed by atoms with E-state index >= 15 is 0 Å². The van der Waals surface area contributed by atoms with Gasteiger partial charge < -0.3 is 18.6 Å². The number of hydrogen-bond acceptors (Lipinski definition) is 7. The van der Waals surface area contributed by atoms with Gasteiger partial charge >= 0.3 is 0 Å². The number of hydrogen-bond donors (Lipinski definition) is 0. The van der Waals surface area contributed by atoms with Gasteiger partial charge in [0.15, 0.2) is 17.2 Å². The number of rotatable bonds is 2. The molecule has 0 saturated carbocycles. The molecule has 1 saturated heterocycles. The zero-order valence-electron chi connectivity index (χ0n) is 15.7. The lowest BCUT2D eigenvalue weighted by atomic mass is 10.1. The number of piperazine rings is 1. The summed E-state index contributed by atoms with van der Waals surface area (Å²) in [6.45, 7) is 6.46. The van der Waals surface area contributed by atoms with Crippen LogP contribution in [0.25, 0.3) is 22.2 Å². The van der Waals surface area contributed by atoms with Crippen molar-refractivity contribution in [1.29, 1.82) is 0 Å². The molecule has 8 nitrogen and oxygen atoms in total. The summed E-state index contributed by atoms with van der Waals surface area (Å²) >= 11 is 0. The molecule has 1 amide bonds. The van der Waals surface area contributed by atoms with E-state index in [0.29, 0.717) is 43.2 Å². The summed E-state index contributed by atoms with van der Waals surface area (Å²) < 4.78 is 11.3. The van der Waals surface area contributed by atoms with Crippen LogP contribution in [0.4, 0.5) is 5.82 Å². The van der Waals surface area contributed by atoms with Crippen LogP contribution in [0.2, 0.25) is 0 Å². The summed E-state index contributed by atoms with van der Waals surface area (Å²) in [4.78, 5) is 29.8. The smallest absolute Gasteiger partial charge is 0.289 e. The van der Waals surface area contributed by atoms with Crippen LogP contribution >= 0.6 is 0 Å². The Morgan fingerprint density at radius 1 is 1.14 bits per heavy atom. The van der Waals surface area contributed by atoms with Gasteiger partial charge in [-0.2, -0.15) is 0 Å². The normalized spacial score (nSPS) is 14.9. The van der Waals surface area contributed by atoms with Crippen molar-refractivity contribution in [1.82, 2.24) is 19.9 Å². The minimum Gasteiger partial charge on any atom is -0.459 e. The monoisotopic (exact) mass is 377 g/mol. The van der Waals surface area contributed by atoms with Crippen molar-refractivity contribution in [3.05, 3.63) is 47.8 Å². The lowest BCUT2D eigenvalue weighted by Gasteiger charge is -2.34. The van der Waals surface area contributed by atoms with Crippen LogP contribution in [0.1, 0.15) is 21.8 Å². The van der Waals surface area contributed by atoms with E-state index in [2.05, 4.69) is 19.9 Å². The molecule has 0 bridgehead atoms. The third-order valence-electron chi connectivity index (χ3n) is 5.13. The standard InChI is InChI=1S/C20H19N5O3/c1-12-10-13(2)23-19-15(12)16-17(28-19)18(22-11-21-16)24-5-7-25(8-6-24)20(26)14-4-3-9-27-14/h3-4,9-11H,5-8H2,1-2H3. The van der Waals surface area contributed by atoms with Gasteiger partial charge in [-0.15, -0.1) is 0 Å². The quantitative estimate of drug-likeness (QED) is 0.531. The van der Waals surface area contributed by atoms with Gasteiger partial charge in [-0.3, -0.25) is 4.79 Å². The second-order valence-corrected chi connectivity index (χ2v) is 6.99. The van der Waals surface area contributed by atoms with E-state index in [9.17, 15) is 4.79 Å². The number of pyridine rings is 1. The van der Waals surface area contributed by atoms with E-state index in [1.165, 1.54) is 6.26 Å². The van der Waals surface area contributed by atoms with E-state index < -0.39 is 0 Å². The maximum absolute atomic E-state index is 12.5. The fourth-order valence-electron chi connectivity index (χ4n) is 3.80. The summed E-state index contributed by atoms with van der Waals surface area (Å²) in [6, 6.07) is 5.44. The van der Waals surface area contributed by atoms with Gasteiger partial charge in [0.2, 0.25) is 5.71 Å². The van der Waals surface area contributed by atoms with E-state index in [1.807, 2.05) is 19.9 Å². The van der Waals surface area contributed by atoms with Gasteiger partial charge in [0.25, 0.3) is 5.91 Å². The Morgan fingerprint density at radius 2 is 1.96 bits per heavy atom. The third-order valence-corrected chi connectivity index (χ3v) is 5.13. The Morgan fingerprint density at radius 3 is 2.71 bits per heavy atom. The highest BCUT2D eigenvalue weighted by atomic mass is 16.3. The maximum atomic E-state index is 12.5. The molecule has 5 heterocycles. The van der Waals surface area contributed by atoms with Crippen LogP contribution < -0.4 is 4.90 Å². The SMILES string of the molecule is Cc1cc(C)c2c(n1)oc1c(N3CCN(C(=O)c4ccco4)CC3)ncnc12. The van der Waals surface area contributed by atoms with E-state index in [0.717, 1.165) is 28.0 Å². The summed E-state index contributed by atoms with van der Waals surface area (Å²) in [5, 5.41) is 0.927. The molecule has 0 aliphatic carbocycles. The second kappa shape index (κ2) is 6.33. The minimum atomic E-state index is -0.0866. The molecule has 142 valence electrons. The number of nitrogens with zero attached hydrogens (tertiary/aromatic N) is 5. The highest BCUT2D eigenvalue weighted by Crippen LogP contribution is 2.33. The van der Waals surface area contributed by atoms with Crippen LogP contribution in [-0.2, 0) is 0 Å². The molecule has 0 radical (unpaired) electrons. The number of fused-ring (bicyclic) bond motifs is 3. The number of aromatic nitrogens is 3. The Bertz CT molecular complexity index is 1170. The molecule has 4 aromatic rings. The Labute approximate surface area is 160 Å². The fourth-order valence-corrected chi connectivity index (χ4v) is 3.80. The average Bonchev–Trinajstić information content (AvgIpc) is 3.35. The molecule has 0 aromatic carbocycles. The number of furan rings is 2. The first-order valence-electron chi connectivity index (χ1n) is 9.21. The van der Waals surface area contributed by atoms with Crippen LogP contribution in [0.15, 0.2) is 39.6 Å². The molecular weight excluding hydrogens is 358 g/mol. The van der Waals surface area contributed by atoms with Gasteiger partial charge in [0, 0.05) is 31.9 Å².